The molecule has 1 aliphatic rings. The second-order valence-electron chi connectivity index (χ2n) is 12.1. The van der Waals surface area contributed by atoms with E-state index in [9.17, 15) is 0 Å². The number of rotatable bonds is 6. The van der Waals surface area contributed by atoms with Crippen LogP contribution in [0.2, 0.25) is 0 Å². The highest BCUT2D eigenvalue weighted by molar-refractivity contribution is 7.85. The van der Waals surface area contributed by atoms with Gasteiger partial charge in [-0.3, -0.25) is 0 Å². The van der Waals surface area contributed by atoms with E-state index in [2.05, 4.69) is 143 Å². The number of hydrogen-bond donors (Lipinski definition) is 1. The first-order valence-electron chi connectivity index (χ1n) is 16.1. The third-order valence-electron chi connectivity index (χ3n) is 9.31. The van der Waals surface area contributed by atoms with E-state index in [0.717, 1.165) is 54.3 Å². The summed E-state index contributed by atoms with van der Waals surface area (Å²) in [4.78, 5) is 3.32. The van der Waals surface area contributed by atoms with Crippen LogP contribution in [0.5, 0.6) is 0 Å². The molecule has 0 saturated heterocycles. The summed E-state index contributed by atoms with van der Waals surface area (Å²) in [6.07, 6.45) is 8.82. The smallest absolute Gasteiger partial charge is 0.177 e. The predicted octanol–water partition coefficient (Wildman–Crippen LogP) is 8.63. The maximum Gasteiger partial charge on any atom is 0.177 e. The molecular weight excluding hydrogens is 622 g/mol. The Labute approximate surface area is 280 Å². The van der Waals surface area contributed by atoms with Crippen molar-refractivity contribution in [2.75, 3.05) is 0 Å². The van der Waals surface area contributed by atoms with Gasteiger partial charge in [0.1, 0.15) is 0 Å². The number of fused-ring (bicyclic) bond motifs is 4. The van der Waals surface area contributed by atoms with Crippen molar-refractivity contribution in [3.05, 3.63) is 182 Å². The van der Waals surface area contributed by atoms with Crippen LogP contribution in [-0.2, 0) is 4.57 Å². The maximum absolute atomic E-state index is 15.6. The fraction of sp³-hybridized carbons (Fsp3) is 0. The highest BCUT2D eigenvalue weighted by atomic mass is 31.2. The molecule has 5 heteroatoms. The first kappa shape index (κ1) is 28.7. The van der Waals surface area contributed by atoms with Crippen molar-refractivity contribution in [3.8, 4) is 0 Å². The Morgan fingerprint density at radius 3 is 1.92 bits per heavy atom. The van der Waals surface area contributed by atoms with Crippen LogP contribution in [0.25, 0.3) is 38.4 Å². The number of nitrogens with zero attached hydrogens (tertiary/aromatic N) is 1. The summed E-state index contributed by atoms with van der Waals surface area (Å²) in [6.45, 7) is 0. The number of hydrogen-bond acceptors (Lipinski definition) is 1. The molecule has 3 nitrogen and oxygen atoms in total. The average molecular weight is 654 g/mol. The SMILES string of the molecule is O=P(c1ccccc1)(c1ccc2cc[nH]c2c1)c1ccc2c(c1)c1ccccc1n2C1=CC(=[P+](c2ccccc2)c2ccccc2)C=C1. The monoisotopic (exact) mass is 653 g/mol. The van der Waals surface area contributed by atoms with Gasteiger partial charge in [-0.1, -0.05) is 97.1 Å². The predicted molar refractivity (Wildman–Crippen MR) is 208 cm³/mol. The molecule has 6 aromatic carbocycles. The normalized spacial score (nSPS) is 14.1. The Morgan fingerprint density at radius 2 is 1.17 bits per heavy atom. The fourth-order valence-corrected chi connectivity index (χ4v) is 12.0. The van der Waals surface area contributed by atoms with Gasteiger partial charge in [0.2, 0.25) is 0 Å². The van der Waals surface area contributed by atoms with Gasteiger partial charge in [-0.25, -0.2) is 0 Å². The number of allylic oxidation sites excluding steroid dienone is 4. The van der Waals surface area contributed by atoms with Crippen LogP contribution in [0.3, 0.4) is 0 Å². The molecule has 0 fully saturated rings. The summed E-state index contributed by atoms with van der Waals surface area (Å²) in [5.74, 6) is 0. The Balaban J connectivity index is 1.25. The second-order valence-corrected chi connectivity index (χ2v) is 17.1. The van der Waals surface area contributed by atoms with Gasteiger partial charge >= 0.3 is 0 Å². The van der Waals surface area contributed by atoms with E-state index in [1.165, 1.54) is 15.9 Å². The van der Waals surface area contributed by atoms with E-state index >= 15 is 4.57 Å². The zero-order valence-corrected chi connectivity index (χ0v) is 27.9. The number of aromatic amines is 1. The Morgan fingerprint density at radius 1 is 0.542 bits per heavy atom. The molecular formula is C43H31N2OP2+. The lowest BCUT2D eigenvalue weighted by Crippen LogP contribution is -2.25. The van der Waals surface area contributed by atoms with Crippen molar-refractivity contribution in [2.45, 2.75) is 0 Å². The number of nitrogens with one attached hydrogen (secondary N) is 1. The van der Waals surface area contributed by atoms with Crippen molar-refractivity contribution in [2.24, 2.45) is 0 Å². The fourth-order valence-electron chi connectivity index (χ4n) is 7.05. The van der Waals surface area contributed by atoms with E-state index in [0.29, 0.717) is 0 Å². The van der Waals surface area contributed by atoms with Gasteiger partial charge in [-0.15, -0.1) is 0 Å². The van der Waals surface area contributed by atoms with E-state index in [1.54, 1.807) is 0 Å². The molecule has 8 aromatic rings. The standard InChI is InChI=1S/C43H31N2OP2/c46-48(36-16-8-3-9-17-36,38-23-20-31-26-27-44-41(31)30-38)37-24-25-43-40(29-37)39-18-10-11-19-42(39)45(43)32-21-22-35(28-32)47(33-12-4-1-5-13-33)34-14-6-2-7-15-34/h1-30,44H/q+1. The minimum absolute atomic E-state index is 0.722. The zero-order valence-electron chi connectivity index (χ0n) is 26.1. The average Bonchev–Trinajstić information content (AvgIpc) is 3.90. The molecule has 228 valence electrons. The lowest BCUT2D eigenvalue weighted by Gasteiger charge is -2.20. The van der Waals surface area contributed by atoms with Crippen LogP contribution in [0.1, 0.15) is 0 Å². The number of para-hydroxylation sites is 1. The zero-order chi connectivity index (χ0) is 32.1. The Bertz CT molecular complexity index is 2590. The summed E-state index contributed by atoms with van der Waals surface area (Å²) in [7, 11) is -3.93. The van der Waals surface area contributed by atoms with Crippen LogP contribution in [0.15, 0.2) is 182 Å². The van der Waals surface area contributed by atoms with Crippen LogP contribution in [0, 0.1) is 0 Å². The molecule has 1 aliphatic carbocycles. The van der Waals surface area contributed by atoms with Crippen molar-refractivity contribution in [3.63, 3.8) is 0 Å². The molecule has 2 heterocycles. The molecule has 0 bridgehead atoms. The Hall–Kier alpha value is -5.46. The van der Waals surface area contributed by atoms with Gasteiger partial charge in [0.05, 0.1) is 16.7 Å². The molecule has 0 amide bonds. The van der Waals surface area contributed by atoms with Crippen molar-refractivity contribution in [1.82, 2.24) is 9.55 Å². The van der Waals surface area contributed by atoms with Gasteiger partial charge in [-0.2, -0.15) is 0 Å². The minimum atomic E-state index is -3.21. The molecule has 0 saturated carbocycles. The third kappa shape index (κ3) is 4.67. The van der Waals surface area contributed by atoms with Gasteiger partial charge < -0.3 is 14.1 Å². The van der Waals surface area contributed by atoms with Crippen LogP contribution in [0.4, 0.5) is 0 Å². The highest BCUT2D eigenvalue weighted by Crippen LogP contribution is 2.45. The van der Waals surface area contributed by atoms with Crippen LogP contribution < -0.4 is 26.5 Å². The van der Waals surface area contributed by atoms with E-state index in [-0.39, 0.29) is 0 Å². The molecule has 1 atom stereocenters. The summed E-state index contributed by atoms with van der Waals surface area (Å²) >= 11 is 0. The summed E-state index contributed by atoms with van der Waals surface area (Å²) < 4.78 is 17.9. The first-order valence-corrected chi connectivity index (χ1v) is 19.2. The molecule has 1 N–H and O–H groups in total. The number of H-pyrrole nitrogens is 1. The second kappa shape index (κ2) is 11.7. The van der Waals surface area contributed by atoms with Gasteiger partial charge in [0, 0.05) is 44.5 Å². The van der Waals surface area contributed by atoms with E-state index < -0.39 is 14.7 Å². The first-order chi connectivity index (χ1) is 23.7. The lowest BCUT2D eigenvalue weighted by atomic mass is 10.1. The Kier molecular flexibility index (Phi) is 6.98. The maximum atomic E-state index is 15.6. The molecule has 1 unspecified atom stereocenters. The van der Waals surface area contributed by atoms with Crippen molar-refractivity contribution in [1.29, 1.82) is 0 Å². The van der Waals surface area contributed by atoms with Gasteiger partial charge in [0.15, 0.2) is 30.6 Å². The molecule has 0 spiro atoms. The van der Waals surface area contributed by atoms with E-state index in [1.807, 2.05) is 48.7 Å². The lowest BCUT2D eigenvalue weighted by molar-refractivity contribution is 0.592. The molecule has 0 aliphatic heterocycles. The van der Waals surface area contributed by atoms with Crippen LogP contribution >= 0.6 is 14.7 Å². The third-order valence-corrected chi connectivity index (χ3v) is 14.8. The molecule has 9 rings (SSSR count). The quantitative estimate of drug-likeness (QED) is 0.179. The highest BCUT2D eigenvalue weighted by Gasteiger charge is 2.31. The van der Waals surface area contributed by atoms with Gasteiger partial charge in [0.25, 0.3) is 0 Å². The summed E-state index contributed by atoms with van der Waals surface area (Å²) in [5.41, 5.74) is 4.35. The minimum Gasteiger partial charge on any atom is -0.361 e. The van der Waals surface area contributed by atoms with E-state index in [4.69, 9.17) is 0 Å². The summed E-state index contributed by atoms with van der Waals surface area (Å²) in [5, 5.41) is 9.80. The topological polar surface area (TPSA) is 37.8 Å². The number of benzene rings is 6. The number of aromatic nitrogens is 2. The molecule has 2 aromatic heterocycles. The van der Waals surface area contributed by atoms with Crippen LogP contribution in [-0.4, -0.2) is 14.8 Å². The largest absolute Gasteiger partial charge is 0.361 e. The van der Waals surface area contributed by atoms with Crippen molar-refractivity contribution >= 4 is 84.9 Å². The van der Waals surface area contributed by atoms with Gasteiger partial charge in [-0.05, 0) is 78.2 Å². The summed E-state index contributed by atoms with van der Waals surface area (Å²) in [6, 6.07) is 54.8. The molecule has 48 heavy (non-hydrogen) atoms. The van der Waals surface area contributed by atoms with Crippen molar-refractivity contribution < 1.29 is 4.57 Å². The molecule has 0 radical (unpaired) electrons.